The lowest BCUT2D eigenvalue weighted by Gasteiger charge is -2.12. The highest BCUT2D eigenvalue weighted by Crippen LogP contribution is 2.33. The van der Waals surface area contributed by atoms with Gasteiger partial charge in [-0.3, -0.25) is 4.57 Å². The largest absolute Gasteiger partial charge is 0.278 e. The molecule has 0 unspecified atom stereocenters. The van der Waals surface area contributed by atoms with Crippen LogP contribution in [0.5, 0.6) is 0 Å². The Bertz CT molecular complexity index is 2130. The van der Waals surface area contributed by atoms with Crippen LogP contribution in [0.15, 0.2) is 133 Å². The molecular formula is C35H22N4. The molecule has 2 heterocycles. The molecule has 8 aromatic rings. The van der Waals surface area contributed by atoms with E-state index >= 15 is 0 Å². The average Bonchev–Trinajstić information content (AvgIpc) is 3.35. The molecule has 0 N–H and O–H groups in total. The minimum atomic E-state index is 0.605. The van der Waals surface area contributed by atoms with Crippen LogP contribution in [-0.4, -0.2) is 19.5 Å². The molecule has 4 heteroatoms. The Morgan fingerprint density at radius 1 is 0.410 bits per heavy atom. The molecule has 2 aromatic heterocycles. The fraction of sp³-hybridized carbons (Fsp3) is 0. The maximum Gasteiger partial charge on any atom is 0.238 e. The van der Waals surface area contributed by atoms with Crippen molar-refractivity contribution in [3.05, 3.63) is 133 Å². The van der Waals surface area contributed by atoms with Gasteiger partial charge in [0.2, 0.25) is 5.95 Å². The Labute approximate surface area is 224 Å². The first kappa shape index (κ1) is 21.7. The van der Waals surface area contributed by atoms with E-state index in [1.165, 1.54) is 16.2 Å². The highest BCUT2D eigenvalue weighted by molar-refractivity contribution is 6.09. The standard InChI is InChI=1S/C35H22N4/c1-2-12-25-22-26(21-20-23(25)10-1)33-36-34(30-17-9-13-24-11-3-4-14-27(24)30)38-35(37-33)39-31-18-7-5-15-28(31)29-16-6-8-19-32(29)39/h1-22H. The molecule has 0 amide bonds. The Hall–Kier alpha value is -5.35. The minimum Gasteiger partial charge on any atom is -0.278 e. The van der Waals surface area contributed by atoms with Crippen molar-refractivity contribution in [2.45, 2.75) is 0 Å². The number of hydrogen-bond donors (Lipinski definition) is 0. The molecule has 39 heavy (non-hydrogen) atoms. The van der Waals surface area contributed by atoms with Crippen LogP contribution in [0, 0.1) is 0 Å². The molecule has 0 bridgehead atoms. The van der Waals surface area contributed by atoms with Gasteiger partial charge >= 0.3 is 0 Å². The molecule has 0 spiro atoms. The topological polar surface area (TPSA) is 43.6 Å². The Morgan fingerprint density at radius 2 is 1.00 bits per heavy atom. The van der Waals surface area contributed by atoms with Gasteiger partial charge in [0.25, 0.3) is 0 Å². The van der Waals surface area contributed by atoms with Crippen molar-refractivity contribution in [3.63, 3.8) is 0 Å². The normalized spacial score (nSPS) is 11.6. The zero-order valence-electron chi connectivity index (χ0n) is 21.0. The quantitative estimate of drug-likeness (QED) is 0.245. The van der Waals surface area contributed by atoms with Crippen molar-refractivity contribution < 1.29 is 0 Å². The van der Waals surface area contributed by atoms with E-state index in [2.05, 4.69) is 138 Å². The monoisotopic (exact) mass is 498 g/mol. The third-order valence-corrected chi connectivity index (χ3v) is 7.44. The number of aromatic nitrogens is 4. The number of para-hydroxylation sites is 2. The van der Waals surface area contributed by atoms with Crippen LogP contribution in [0.25, 0.3) is 72.1 Å². The summed E-state index contributed by atoms with van der Waals surface area (Å²) in [6.07, 6.45) is 0. The molecule has 4 nitrogen and oxygen atoms in total. The van der Waals surface area contributed by atoms with Crippen LogP contribution >= 0.6 is 0 Å². The van der Waals surface area contributed by atoms with E-state index in [9.17, 15) is 0 Å². The van der Waals surface area contributed by atoms with Crippen LogP contribution in [0.3, 0.4) is 0 Å². The summed E-state index contributed by atoms with van der Waals surface area (Å²) in [5.74, 6) is 1.91. The molecule has 0 atom stereocenters. The van der Waals surface area contributed by atoms with Crippen molar-refractivity contribution in [2.75, 3.05) is 0 Å². The van der Waals surface area contributed by atoms with Gasteiger partial charge in [0.1, 0.15) is 0 Å². The zero-order chi connectivity index (χ0) is 25.8. The van der Waals surface area contributed by atoms with Crippen LogP contribution < -0.4 is 0 Å². The number of rotatable bonds is 3. The van der Waals surface area contributed by atoms with Gasteiger partial charge in [-0.25, -0.2) is 4.98 Å². The van der Waals surface area contributed by atoms with Crippen molar-refractivity contribution >= 4 is 43.4 Å². The van der Waals surface area contributed by atoms with Crippen molar-refractivity contribution in [3.8, 4) is 28.7 Å². The van der Waals surface area contributed by atoms with Crippen molar-refractivity contribution in [2.24, 2.45) is 0 Å². The van der Waals surface area contributed by atoms with E-state index in [0.29, 0.717) is 17.6 Å². The van der Waals surface area contributed by atoms with Gasteiger partial charge < -0.3 is 0 Å². The van der Waals surface area contributed by atoms with E-state index in [0.717, 1.165) is 38.3 Å². The van der Waals surface area contributed by atoms with E-state index in [-0.39, 0.29) is 0 Å². The van der Waals surface area contributed by atoms with E-state index in [4.69, 9.17) is 15.0 Å². The Morgan fingerprint density at radius 3 is 1.77 bits per heavy atom. The number of hydrogen-bond acceptors (Lipinski definition) is 3. The van der Waals surface area contributed by atoms with E-state index in [1.807, 2.05) is 0 Å². The summed E-state index contributed by atoms with van der Waals surface area (Å²) in [5.41, 5.74) is 4.08. The molecule has 0 saturated heterocycles. The summed E-state index contributed by atoms with van der Waals surface area (Å²) in [5, 5.41) is 6.96. The van der Waals surface area contributed by atoms with Gasteiger partial charge in [-0.15, -0.1) is 0 Å². The van der Waals surface area contributed by atoms with Crippen LogP contribution in [0.1, 0.15) is 0 Å². The lowest BCUT2D eigenvalue weighted by Crippen LogP contribution is -2.06. The summed E-state index contributed by atoms with van der Waals surface area (Å²) in [6, 6.07) is 46.3. The Balaban J connectivity index is 1.46. The Kier molecular flexibility index (Phi) is 4.79. The van der Waals surface area contributed by atoms with Gasteiger partial charge in [0, 0.05) is 21.9 Å². The van der Waals surface area contributed by atoms with Crippen LogP contribution in [0.2, 0.25) is 0 Å². The number of nitrogens with zero attached hydrogens (tertiary/aromatic N) is 4. The van der Waals surface area contributed by atoms with Crippen LogP contribution in [0.4, 0.5) is 0 Å². The van der Waals surface area contributed by atoms with Crippen molar-refractivity contribution in [1.82, 2.24) is 19.5 Å². The zero-order valence-corrected chi connectivity index (χ0v) is 21.0. The number of benzene rings is 6. The number of fused-ring (bicyclic) bond motifs is 5. The van der Waals surface area contributed by atoms with Gasteiger partial charge in [0.15, 0.2) is 11.6 Å². The molecule has 8 rings (SSSR count). The molecule has 0 aliphatic rings. The van der Waals surface area contributed by atoms with Crippen LogP contribution in [-0.2, 0) is 0 Å². The van der Waals surface area contributed by atoms with E-state index in [1.54, 1.807) is 0 Å². The van der Waals surface area contributed by atoms with Gasteiger partial charge in [-0.1, -0.05) is 115 Å². The molecule has 0 saturated carbocycles. The first-order valence-electron chi connectivity index (χ1n) is 13.1. The minimum absolute atomic E-state index is 0.605. The molecular weight excluding hydrogens is 476 g/mol. The lowest BCUT2D eigenvalue weighted by molar-refractivity contribution is 0.954. The molecule has 0 aliphatic heterocycles. The summed E-state index contributed by atoms with van der Waals surface area (Å²) < 4.78 is 2.16. The average molecular weight is 499 g/mol. The first-order chi connectivity index (χ1) is 19.3. The second-order valence-electron chi connectivity index (χ2n) is 9.74. The molecule has 0 fully saturated rings. The molecule has 0 radical (unpaired) electrons. The molecule has 182 valence electrons. The summed E-state index contributed by atoms with van der Waals surface area (Å²) >= 11 is 0. The fourth-order valence-electron chi connectivity index (χ4n) is 5.60. The van der Waals surface area contributed by atoms with Crippen molar-refractivity contribution in [1.29, 1.82) is 0 Å². The second-order valence-corrected chi connectivity index (χ2v) is 9.74. The summed E-state index contributed by atoms with van der Waals surface area (Å²) in [7, 11) is 0. The maximum absolute atomic E-state index is 5.13. The lowest BCUT2D eigenvalue weighted by atomic mass is 10.0. The second kappa shape index (κ2) is 8.61. The maximum atomic E-state index is 5.13. The predicted octanol–water partition coefficient (Wildman–Crippen LogP) is 8.61. The molecule has 6 aromatic carbocycles. The highest BCUT2D eigenvalue weighted by Gasteiger charge is 2.18. The van der Waals surface area contributed by atoms with Gasteiger partial charge in [0.05, 0.1) is 11.0 Å². The first-order valence-corrected chi connectivity index (χ1v) is 13.1. The summed E-state index contributed by atoms with van der Waals surface area (Å²) in [4.78, 5) is 15.3. The fourth-order valence-corrected chi connectivity index (χ4v) is 5.60. The van der Waals surface area contributed by atoms with Gasteiger partial charge in [-0.2, -0.15) is 9.97 Å². The summed E-state index contributed by atoms with van der Waals surface area (Å²) in [6.45, 7) is 0. The van der Waals surface area contributed by atoms with Gasteiger partial charge in [-0.05, 0) is 39.7 Å². The third-order valence-electron chi connectivity index (χ3n) is 7.44. The predicted molar refractivity (Wildman–Crippen MR) is 160 cm³/mol. The molecule has 0 aliphatic carbocycles. The highest BCUT2D eigenvalue weighted by atomic mass is 15.2. The third kappa shape index (κ3) is 3.50. The smallest absolute Gasteiger partial charge is 0.238 e. The SMILES string of the molecule is c1ccc2cc(-c3nc(-c4cccc5ccccc45)nc(-n4c5ccccc5c5ccccc54)n3)ccc2c1. The van der Waals surface area contributed by atoms with E-state index < -0.39 is 0 Å².